The average molecular weight is 445 g/mol. The van der Waals surface area contributed by atoms with E-state index in [4.69, 9.17) is 4.74 Å². The molecule has 2 aromatic carbocycles. The maximum atomic E-state index is 13.0. The number of carbonyl (C=O) groups excluding carboxylic acids is 1. The smallest absolute Gasteiger partial charge is 0.263 e. The number of benzene rings is 2. The molecule has 0 saturated carbocycles. The van der Waals surface area contributed by atoms with Gasteiger partial charge in [0.25, 0.3) is 5.91 Å². The summed E-state index contributed by atoms with van der Waals surface area (Å²) in [5.41, 5.74) is 4.55. The molecule has 168 valence electrons. The van der Waals surface area contributed by atoms with Crippen molar-refractivity contribution in [1.29, 1.82) is 0 Å². The summed E-state index contributed by atoms with van der Waals surface area (Å²) in [5, 5.41) is 2.99. The molecule has 3 rings (SSSR count). The third-order valence-electron chi connectivity index (χ3n) is 5.65. The van der Waals surface area contributed by atoms with Crippen molar-refractivity contribution in [2.75, 3.05) is 17.1 Å². The third kappa shape index (κ3) is 5.03. The van der Waals surface area contributed by atoms with E-state index in [-0.39, 0.29) is 23.9 Å². The Bertz CT molecular complexity index is 1100. The second kappa shape index (κ2) is 8.19. The van der Waals surface area contributed by atoms with Crippen LogP contribution in [0.2, 0.25) is 0 Å². The molecular weight excluding hydrogens is 412 g/mol. The van der Waals surface area contributed by atoms with Crippen LogP contribution in [0.3, 0.4) is 0 Å². The second-order valence-electron chi connectivity index (χ2n) is 9.42. The van der Waals surface area contributed by atoms with Crippen LogP contribution in [0.4, 0.5) is 5.69 Å². The van der Waals surface area contributed by atoms with Crippen LogP contribution in [0.5, 0.6) is 5.75 Å². The van der Waals surface area contributed by atoms with E-state index in [2.05, 4.69) is 26.1 Å². The number of fused-ring (bicyclic) bond motifs is 1. The van der Waals surface area contributed by atoms with Gasteiger partial charge in [0.15, 0.2) is 6.10 Å². The minimum absolute atomic E-state index is 0.0647. The highest BCUT2D eigenvalue weighted by Crippen LogP contribution is 2.38. The molecular formula is C24H32N2O4S. The molecule has 1 N–H and O–H groups in total. The predicted molar refractivity (Wildman–Crippen MR) is 124 cm³/mol. The fourth-order valence-corrected chi connectivity index (χ4v) is 4.69. The van der Waals surface area contributed by atoms with Gasteiger partial charge in [0, 0.05) is 0 Å². The zero-order chi connectivity index (χ0) is 23.1. The van der Waals surface area contributed by atoms with Crippen LogP contribution in [0, 0.1) is 13.8 Å². The van der Waals surface area contributed by atoms with Crippen LogP contribution in [-0.4, -0.2) is 33.2 Å². The van der Waals surface area contributed by atoms with Crippen LogP contribution >= 0.6 is 0 Å². The normalized spacial score (nSPS) is 17.5. The van der Waals surface area contributed by atoms with Crippen molar-refractivity contribution < 1.29 is 17.9 Å². The van der Waals surface area contributed by atoms with Gasteiger partial charge in [0.05, 0.1) is 24.5 Å². The highest BCUT2D eigenvalue weighted by atomic mass is 32.2. The molecule has 1 amide bonds. The van der Waals surface area contributed by atoms with Gasteiger partial charge in [-0.3, -0.25) is 9.10 Å². The predicted octanol–water partition coefficient (Wildman–Crippen LogP) is 4.01. The van der Waals surface area contributed by atoms with Crippen molar-refractivity contribution in [3.63, 3.8) is 0 Å². The van der Waals surface area contributed by atoms with E-state index >= 15 is 0 Å². The van der Waals surface area contributed by atoms with E-state index in [0.29, 0.717) is 11.4 Å². The molecule has 7 heteroatoms. The summed E-state index contributed by atoms with van der Waals surface area (Å²) in [4.78, 5) is 13.0. The molecule has 0 spiro atoms. The number of ether oxygens (including phenoxy) is 1. The maximum absolute atomic E-state index is 13.0. The Morgan fingerprint density at radius 3 is 2.45 bits per heavy atom. The molecule has 2 atom stereocenters. The molecule has 2 aromatic rings. The average Bonchev–Trinajstić information content (AvgIpc) is 2.66. The minimum atomic E-state index is -3.59. The molecule has 1 aliphatic heterocycles. The quantitative estimate of drug-likeness (QED) is 0.773. The van der Waals surface area contributed by atoms with Crippen molar-refractivity contribution in [2.24, 2.45) is 0 Å². The Morgan fingerprint density at radius 1 is 1.16 bits per heavy atom. The third-order valence-corrected chi connectivity index (χ3v) is 6.79. The maximum Gasteiger partial charge on any atom is 0.263 e. The summed E-state index contributed by atoms with van der Waals surface area (Å²) < 4.78 is 32.3. The Kier molecular flexibility index (Phi) is 6.11. The van der Waals surface area contributed by atoms with E-state index in [1.54, 1.807) is 6.07 Å². The van der Waals surface area contributed by atoms with Crippen LogP contribution < -0.4 is 14.4 Å². The lowest BCUT2D eigenvalue weighted by atomic mass is 9.86. The van der Waals surface area contributed by atoms with Gasteiger partial charge < -0.3 is 10.1 Å². The Hall–Kier alpha value is -2.54. The van der Waals surface area contributed by atoms with E-state index in [9.17, 15) is 13.2 Å². The number of hydrogen-bond donors (Lipinski definition) is 1. The van der Waals surface area contributed by atoms with Crippen molar-refractivity contribution in [3.05, 3.63) is 58.7 Å². The number of rotatable bonds is 4. The van der Waals surface area contributed by atoms with Gasteiger partial charge in [0.1, 0.15) is 5.75 Å². The van der Waals surface area contributed by atoms with E-state index in [1.165, 1.54) is 4.31 Å². The van der Waals surface area contributed by atoms with Gasteiger partial charge in [-0.2, -0.15) is 0 Å². The number of carbonyl (C=O) groups is 1. The Balaban J connectivity index is 1.88. The fourth-order valence-electron chi connectivity index (χ4n) is 3.78. The number of hydrogen-bond acceptors (Lipinski definition) is 4. The molecule has 0 bridgehead atoms. The highest BCUT2D eigenvalue weighted by Gasteiger charge is 2.36. The summed E-state index contributed by atoms with van der Waals surface area (Å²) >= 11 is 0. The van der Waals surface area contributed by atoms with Crippen molar-refractivity contribution in [3.8, 4) is 5.75 Å². The standard InChI is InChI=1S/C24H32N2O4S/c1-15-8-9-16(2)19(12-15)17(3)25-23(27)22-14-26(31(7,28)29)20-13-18(24(4,5)6)10-11-21(20)30-22/h8-13,17,22H,14H2,1-7H3,(H,25,27)/t17-,22+/m0/s1. The van der Waals surface area contributed by atoms with E-state index in [1.807, 2.05) is 51.1 Å². The van der Waals surface area contributed by atoms with E-state index in [0.717, 1.165) is 28.5 Å². The zero-order valence-corrected chi connectivity index (χ0v) is 20.1. The first-order chi connectivity index (χ1) is 14.3. The number of nitrogens with zero attached hydrogens (tertiary/aromatic N) is 1. The first kappa shape index (κ1) is 23.1. The number of anilines is 1. The van der Waals surface area contributed by atoms with Crippen LogP contribution in [0.15, 0.2) is 36.4 Å². The monoisotopic (exact) mass is 444 g/mol. The van der Waals surface area contributed by atoms with Crippen LogP contribution in [0.1, 0.15) is 56.0 Å². The molecule has 0 saturated heterocycles. The number of nitrogens with one attached hydrogen (secondary N) is 1. The molecule has 0 fully saturated rings. The summed E-state index contributed by atoms with van der Waals surface area (Å²) in [7, 11) is -3.59. The number of amides is 1. The minimum Gasteiger partial charge on any atom is -0.476 e. The Labute approximate surface area is 185 Å². The van der Waals surface area contributed by atoms with Gasteiger partial charge in [-0.05, 0) is 55.0 Å². The number of sulfonamides is 1. The summed E-state index contributed by atoms with van der Waals surface area (Å²) in [6, 6.07) is 11.4. The van der Waals surface area contributed by atoms with E-state index < -0.39 is 16.1 Å². The van der Waals surface area contributed by atoms with Gasteiger partial charge in [0.2, 0.25) is 10.0 Å². The van der Waals surface area contributed by atoms with Crippen LogP contribution in [0.25, 0.3) is 0 Å². The SMILES string of the molecule is Cc1ccc(C)c([C@H](C)NC(=O)[C@H]2CN(S(C)(=O)=O)c3cc(C(C)(C)C)ccc3O2)c1. The van der Waals surface area contributed by atoms with Crippen molar-refractivity contribution >= 4 is 21.6 Å². The highest BCUT2D eigenvalue weighted by molar-refractivity contribution is 7.92. The lowest BCUT2D eigenvalue weighted by Gasteiger charge is -2.35. The fraction of sp³-hybridized carbons (Fsp3) is 0.458. The van der Waals surface area contributed by atoms with Crippen LogP contribution in [-0.2, 0) is 20.2 Å². The van der Waals surface area contributed by atoms with Gasteiger partial charge >= 0.3 is 0 Å². The first-order valence-corrected chi connectivity index (χ1v) is 12.3. The summed E-state index contributed by atoms with van der Waals surface area (Å²) in [5.74, 6) is 0.0526. The lowest BCUT2D eigenvalue weighted by molar-refractivity contribution is -0.128. The summed E-state index contributed by atoms with van der Waals surface area (Å²) in [6.07, 6.45) is 0.217. The summed E-state index contributed by atoms with van der Waals surface area (Å²) in [6.45, 7) is 12.1. The lowest BCUT2D eigenvalue weighted by Crippen LogP contribution is -2.51. The van der Waals surface area contributed by atoms with Gasteiger partial charge in [-0.1, -0.05) is 50.6 Å². The molecule has 0 radical (unpaired) electrons. The topological polar surface area (TPSA) is 75.7 Å². The Morgan fingerprint density at radius 2 is 1.84 bits per heavy atom. The molecule has 31 heavy (non-hydrogen) atoms. The molecule has 6 nitrogen and oxygen atoms in total. The largest absolute Gasteiger partial charge is 0.476 e. The second-order valence-corrected chi connectivity index (χ2v) is 11.3. The van der Waals surface area contributed by atoms with Crippen molar-refractivity contribution in [1.82, 2.24) is 5.32 Å². The molecule has 0 unspecified atom stereocenters. The zero-order valence-electron chi connectivity index (χ0n) is 19.3. The molecule has 0 aliphatic carbocycles. The molecule has 1 aliphatic rings. The molecule has 1 heterocycles. The van der Waals surface area contributed by atoms with Gasteiger partial charge in [-0.15, -0.1) is 0 Å². The first-order valence-electron chi connectivity index (χ1n) is 10.4. The van der Waals surface area contributed by atoms with Gasteiger partial charge in [-0.25, -0.2) is 8.42 Å². The van der Waals surface area contributed by atoms with Crippen molar-refractivity contribution in [2.45, 2.75) is 59.1 Å². The number of aryl methyl sites for hydroxylation is 2. The molecule has 0 aromatic heterocycles.